The molecule has 1 unspecified atom stereocenters. The van der Waals surface area contributed by atoms with Crippen LogP contribution in [0.4, 0.5) is 0 Å². The molecule has 4 heteroatoms. The zero-order chi connectivity index (χ0) is 13.0. The van der Waals surface area contributed by atoms with Crippen molar-refractivity contribution in [2.75, 3.05) is 20.3 Å². The van der Waals surface area contributed by atoms with E-state index in [0.717, 1.165) is 48.3 Å². The standard InChI is InChI=1S/C14H19BrO3/c1-17-14-3-2-11(15)9-12(14)13(16)8-10-4-6-18-7-5-10/h2-3,9-10,13,16H,4-8H2,1H3. The minimum Gasteiger partial charge on any atom is -0.496 e. The third-order valence-electron chi connectivity index (χ3n) is 3.45. The summed E-state index contributed by atoms with van der Waals surface area (Å²) in [5.74, 6) is 1.29. The molecule has 0 radical (unpaired) electrons. The molecule has 0 aliphatic carbocycles. The summed E-state index contributed by atoms with van der Waals surface area (Å²) in [4.78, 5) is 0. The van der Waals surface area contributed by atoms with E-state index in [-0.39, 0.29) is 0 Å². The second-order valence-electron chi connectivity index (χ2n) is 4.69. The number of aliphatic hydroxyl groups is 1. The average molecular weight is 315 g/mol. The van der Waals surface area contributed by atoms with Crippen molar-refractivity contribution in [3.05, 3.63) is 28.2 Å². The molecule has 18 heavy (non-hydrogen) atoms. The van der Waals surface area contributed by atoms with E-state index in [1.807, 2.05) is 18.2 Å². The summed E-state index contributed by atoms with van der Waals surface area (Å²) in [6, 6.07) is 5.74. The van der Waals surface area contributed by atoms with Gasteiger partial charge in [-0.15, -0.1) is 0 Å². The first-order valence-electron chi connectivity index (χ1n) is 6.30. The summed E-state index contributed by atoms with van der Waals surface area (Å²) in [7, 11) is 1.63. The van der Waals surface area contributed by atoms with Gasteiger partial charge in [0.25, 0.3) is 0 Å². The van der Waals surface area contributed by atoms with Gasteiger partial charge in [-0.05, 0) is 43.4 Å². The number of aliphatic hydroxyl groups excluding tert-OH is 1. The van der Waals surface area contributed by atoms with Gasteiger partial charge in [0.2, 0.25) is 0 Å². The molecule has 2 rings (SSSR count). The van der Waals surface area contributed by atoms with Gasteiger partial charge in [0.05, 0.1) is 13.2 Å². The topological polar surface area (TPSA) is 38.7 Å². The molecule has 0 bridgehead atoms. The summed E-state index contributed by atoms with van der Waals surface area (Å²) in [5.41, 5.74) is 0.860. The minimum absolute atomic E-state index is 0.472. The molecule has 3 nitrogen and oxygen atoms in total. The quantitative estimate of drug-likeness (QED) is 0.926. The highest BCUT2D eigenvalue weighted by Crippen LogP contribution is 2.34. The lowest BCUT2D eigenvalue weighted by Crippen LogP contribution is -2.18. The Morgan fingerprint density at radius 2 is 2.17 bits per heavy atom. The fourth-order valence-corrected chi connectivity index (χ4v) is 2.77. The van der Waals surface area contributed by atoms with Gasteiger partial charge in [0.1, 0.15) is 5.75 Å². The molecule has 1 aliphatic rings. The first-order valence-corrected chi connectivity index (χ1v) is 7.09. The summed E-state index contributed by atoms with van der Waals surface area (Å²) in [5, 5.41) is 10.4. The van der Waals surface area contributed by atoms with Crippen LogP contribution in [0.2, 0.25) is 0 Å². The van der Waals surface area contributed by atoms with Crippen molar-refractivity contribution in [2.45, 2.75) is 25.4 Å². The summed E-state index contributed by atoms with van der Waals surface area (Å²) < 4.78 is 11.6. The Morgan fingerprint density at radius 3 is 2.83 bits per heavy atom. The Labute approximate surface area is 116 Å². The maximum atomic E-state index is 10.4. The number of methoxy groups -OCH3 is 1. The minimum atomic E-state index is -0.472. The maximum Gasteiger partial charge on any atom is 0.124 e. The van der Waals surface area contributed by atoms with Crippen molar-refractivity contribution in [2.24, 2.45) is 5.92 Å². The van der Waals surface area contributed by atoms with Crippen LogP contribution in [0.25, 0.3) is 0 Å². The predicted molar refractivity (Wildman–Crippen MR) is 73.8 cm³/mol. The van der Waals surface area contributed by atoms with E-state index in [0.29, 0.717) is 5.92 Å². The Bertz CT molecular complexity index is 389. The van der Waals surface area contributed by atoms with Gasteiger partial charge >= 0.3 is 0 Å². The first-order chi connectivity index (χ1) is 8.70. The highest BCUT2D eigenvalue weighted by atomic mass is 79.9. The number of benzene rings is 1. The molecule has 0 aromatic heterocycles. The smallest absolute Gasteiger partial charge is 0.124 e. The molecular weight excluding hydrogens is 296 g/mol. The molecule has 100 valence electrons. The van der Waals surface area contributed by atoms with Crippen LogP contribution in [0.1, 0.15) is 30.9 Å². The molecule has 1 saturated heterocycles. The van der Waals surface area contributed by atoms with Gasteiger partial charge in [-0.25, -0.2) is 0 Å². The predicted octanol–water partition coefficient (Wildman–Crippen LogP) is 3.31. The molecule has 0 amide bonds. The van der Waals surface area contributed by atoms with Gasteiger partial charge in [0, 0.05) is 23.2 Å². The van der Waals surface area contributed by atoms with Crippen LogP contribution in [-0.2, 0) is 4.74 Å². The van der Waals surface area contributed by atoms with Crippen molar-refractivity contribution in [1.29, 1.82) is 0 Å². The van der Waals surface area contributed by atoms with Crippen LogP contribution >= 0.6 is 15.9 Å². The SMILES string of the molecule is COc1ccc(Br)cc1C(O)CC1CCOCC1. The van der Waals surface area contributed by atoms with Crippen LogP contribution in [0.5, 0.6) is 5.75 Å². The van der Waals surface area contributed by atoms with Gasteiger partial charge in [-0.3, -0.25) is 0 Å². The summed E-state index contributed by atoms with van der Waals surface area (Å²) in [6.45, 7) is 1.63. The molecule has 1 N–H and O–H groups in total. The monoisotopic (exact) mass is 314 g/mol. The Morgan fingerprint density at radius 1 is 1.44 bits per heavy atom. The van der Waals surface area contributed by atoms with Gasteiger partial charge < -0.3 is 14.6 Å². The van der Waals surface area contributed by atoms with E-state index in [1.165, 1.54) is 0 Å². The van der Waals surface area contributed by atoms with E-state index in [9.17, 15) is 5.11 Å². The zero-order valence-corrected chi connectivity index (χ0v) is 12.1. The summed E-state index contributed by atoms with van der Waals surface area (Å²) >= 11 is 3.43. The van der Waals surface area contributed by atoms with Gasteiger partial charge in [-0.1, -0.05) is 15.9 Å². The van der Waals surface area contributed by atoms with Gasteiger partial charge in [0.15, 0.2) is 0 Å². The van der Waals surface area contributed by atoms with E-state index >= 15 is 0 Å². The molecule has 1 aromatic carbocycles. The van der Waals surface area contributed by atoms with Crippen molar-refractivity contribution in [3.8, 4) is 5.75 Å². The first kappa shape index (κ1) is 13.8. The zero-order valence-electron chi connectivity index (χ0n) is 10.6. The Kier molecular flexibility index (Phi) is 5.03. The summed E-state index contributed by atoms with van der Waals surface area (Å²) in [6.07, 6.45) is 2.37. The van der Waals surface area contributed by atoms with Crippen LogP contribution < -0.4 is 4.74 Å². The second-order valence-corrected chi connectivity index (χ2v) is 5.61. The van der Waals surface area contributed by atoms with Crippen LogP contribution in [-0.4, -0.2) is 25.4 Å². The van der Waals surface area contributed by atoms with E-state index < -0.39 is 6.10 Å². The molecule has 1 aliphatic heterocycles. The van der Waals surface area contributed by atoms with E-state index in [2.05, 4.69) is 15.9 Å². The number of hydrogen-bond donors (Lipinski definition) is 1. The van der Waals surface area contributed by atoms with Crippen LogP contribution in [0.3, 0.4) is 0 Å². The van der Waals surface area contributed by atoms with Crippen molar-refractivity contribution >= 4 is 15.9 Å². The second kappa shape index (κ2) is 6.55. The number of halogens is 1. The number of hydrogen-bond acceptors (Lipinski definition) is 3. The molecule has 0 saturated carbocycles. The van der Waals surface area contributed by atoms with E-state index in [1.54, 1.807) is 7.11 Å². The lowest BCUT2D eigenvalue weighted by Gasteiger charge is -2.25. The highest BCUT2D eigenvalue weighted by molar-refractivity contribution is 9.10. The largest absolute Gasteiger partial charge is 0.496 e. The van der Waals surface area contributed by atoms with Crippen molar-refractivity contribution in [3.63, 3.8) is 0 Å². The lowest BCUT2D eigenvalue weighted by molar-refractivity contribution is 0.0430. The Hall–Kier alpha value is -0.580. The maximum absolute atomic E-state index is 10.4. The van der Waals surface area contributed by atoms with E-state index in [4.69, 9.17) is 9.47 Å². The van der Waals surface area contributed by atoms with Crippen molar-refractivity contribution in [1.82, 2.24) is 0 Å². The average Bonchev–Trinajstić information content (AvgIpc) is 2.40. The lowest BCUT2D eigenvalue weighted by atomic mass is 9.91. The Balaban J connectivity index is 2.07. The number of ether oxygens (including phenoxy) is 2. The van der Waals surface area contributed by atoms with Crippen LogP contribution in [0.15, 0.2) is 22.7 Å². The van der Waals surface area contributed by atoms with Crippen LogP contribution in [0, 0.1) is 5.92 Å². The molecule has 1 fully saturated rings. The third kappa shape index (κ3) is 3.46. The fraction of sp³-hybridized carbons (Fsp3) is 0.571. The normalized spacial score (nSPS) is 18.6. The molecule has 0 spiro atoms. The highest BCUT2D eigenvalue weighted by Gasteiger charge is 2.21. The van der Waals surface area contributed by atoms with Crippen molar-refractivity contribution < 1.29 is 14.6 Å². The molecule has 1 aromatic rings. The molecule has 1 atom stereocenters. The number of rotatable bonds is 4. The molecule has 1 heterocycles. The third-order valence-corrected chi connectivity index (χ3v) is 3.94. The molecular formula is C14H19BrO3. The fourth-order valence-electron chi connectivity index (χ4n) is 2.39. The van der Waals surface area contributed by atoms with Gasteiger partial charge in [-0.2, -0.15) is 0 Å².